The predicted molar refractivity (Wildman–Crippen MR) is 192 cm³/mol. The molecule has 0 radical (unpaired) electrons. The Labute approximate surface area is 312 Å². The molecule has 10 nitrogen and oxygen atoms in total. The van der Waals surface area contributed by atoms with Crippen molar-refractivity contribution in [3.8, 4) is 29.1 Å². The summed E-state index contributed by atoms with van der Waals surface area (Å²) in [6.45, 7) is 0.424. The Bertz CT molecular complexity index is 1900. The van der Waals surface area contributed by atoms with E-state index in [0.717, 1.165) is 35.6 Å². The molecule has 54 heavy (non-hydrogen) atoms. The van der Waals surface area contributed by atoms with Gasteiger partial charge in [0.2, 0.25) is 17.6 Å². The van der Waals surface area contributed by atoms with Crippen LogP contribution in [0.5, 0.6) is 17.2 Å². The summed E-state index contributed by atoms with van der Waals surface area (Å²) in [7, 11) is 4.44. The van der Waals surface area contributed by atoms with E-state index in [1.807, 2.05) is 41.3 Å². The smallest absolute Gasteiger partial charge is 0.305 e. The maximum atomic E-state index is 15.2. The fourth-order valence-corrected chi connectivity index (χ4v) is 7.25. The first kappa shape index (κ1) is 38.5. The number of piperazine rings is 1. The predicted octanol–water partition coefficient (Wildman–Crippen LogP) is 5.44. The average molecular weight is 748 g/mol. The number of nitrogens with one attached hydrogen (secondary N) is 1. The Balaban J connectivity index is 1.28. The van der Waals surface area contributed by atoms with Gasteiger partial charge in [-0.05, 0) is 73.1 Å². The molecule has 2 bridgehead atoms. The number of carbonyl (C=O) groups excluding carboxylic acids is 3. The highest BCUT2D eigenvalue weighted by molar-refractivity contribution is 5.90. The van der Waals surface area contributed by atoms with Gasteiger partial charge in [0.25, 0.3) is 0 Å². The summed E-state index contributed by atoms with van der Waals surface area (Å²) in [5, 5.41) is 3.65. The van der Waals surface area contributed by atoms with Crippen LogP contribution in [0.1, 0.15) is 61.6 Å². The molecule has 13 heteroatoms. The second-order valence-corrected chi connectivity index (χ2v) is 13.8. The van der Waals surface area contributed by atoms with E-state index in [1.54, 1.807) is 25.2 Å². The van der Waals surface area contributed by atoms with Crippen LogP contribution in [0, 0.1) is 29.3 Å². The fourth-order valence-electron chi connectivity index (χ4n) is 7.25. The van der Waals surface area contributed by atoms with Gasteiger partial charge >= 0.3 is 5.97 Å². The minimum atomic E-state index is -1.36. The molecule has 1 saturated heterocycles. The lowest BCUT2D eigenvalue weighted by molar-refractivity contribution is -0.155. The Hall–Kier alpha value is -5.22. The van der Waals surface area contributed by atoms with Crippen molar-refractivity contribution in [1.82, 2.24) is 15.1 Å². The average Bonchev–Trinajstić information content (AvgIpc) is 4.03. The van der Waals surface area contributed by atoms with Gasteiger partial charge in [-0.1, -0.05) is 36.1 Å². The molecule has 3 aromatic carbocycles. The van der Waals surface area contributed by atoms with Gasteiger partial charge in [0.15, 0.2) is 17.4 Å². The van der Waals surface area contributed by atoms with Gasteiger partial charge in [0.1, 0.15) is 17.5 Å². The zero-order valence-corrected chi connectivity index (χ0v) is 30.6. The van der Waals surface area contributed by atoms with E-state index in [4.69, 9.17) is 18.9 Å². The molecule has 1 unspecified atom stereocenters. The standard InChI is InChI=1S/C41H44F3N3O7/c1-51-31-21-27(22-32(23-31)52-2)24-46(30-15-16-30)40(50)39-41(19-5-8-29(45-41)25-47(39)35(48)9-4-10-36(49)53-3)28-13-11-26(12-14-28)7-6-20-54-38-34(43)18-17-33(42)37(38)44/h11-14,17-18,21-23,29-30,39,45H,4,6-7,9-10,15-16,19-20,24-25H2,1-3H3/t29-,39?,41+/m0/s1. The number of methoxy groups -OCH3 is 3. The number of nitrogens with zero attached hydrogens (tertiary/aromatic N) is 2. The van der Waals surface area contributed by atoms with E-state index in [2.05, 4.69) is 17.2 Å². The summed E-state index contributed by atoms with van der Waals surface area (Å²) in [4.78, 5) is 44.6. The molecule has 3 atom stereocenters. The molecule has 1 N–H and O–H groups in total. The number of carbonyl (C=O) groups is 3. The first-order chi connectivity index (χ1) is 26.1. The van der Waals surface area contributed by atoms with Crippen LogP contribution in [0.2, 0.25) is 0 Å². The fraction of sp³-hybridized carbons (Fsp3) is 0.439. The number of benzene rings is 3. The number of hydrogen-bond acceptors (Lipinski definition) is 8. The molecule has 6 rings (SSSR count). The number of halogens is 3. The van der Waals surface area contributed by atoms with Crippen molar-refractivity contribution >= 4 is 17.8 Å². The summed E-state index contributed by atoms with van der Waals surface area (Å²) in [6, 6.07) is 13.3. The van der Waals surface area contributed by atoms with Gasteiger partial charge in [0, 0.05) is 44.5 Å². The molecule has 3 aromatic rings. The van der Waals surface area contributed by atoms with E-state index in [9.17, 15) is 22.8 Å². The summed E-state index contributed by atoms with van der Waals surface area (Å²) in [6.07, 6.45) is 3.20. The van der Waals surface area contributed by atoms with Gasteiger partial charge in [0.05, 0.1) is 39.5 Å². The van der Waals surface area contributed by atoms with Crippen LogP contribution in [-0.4, -0.2) is 80.2 Å². The van der Waals surface area contributed by atoms with Crippen molar-refractivity contribution in [3.63, 3.8) is 0 Å². The van der Waals surface area contributed by atoms with Crippen LogP contribution in [0.3, 0.4) is 0 Å². The van der Waals surface area contributed by atoms with Gasteiger partial charge < -0.3 is 28.7 Å². The van der Waals surface area contributed by atoms with E-state index in [-0.39, 0.29) is 63.2 Å². The summed E-state index contributed by atoms with van der Waals surface area (Å²) in [5.74, 6) is 2.50. The van der Waals surface area contributed by atoms with Crippen molar-refractivity contribution in [1.29, 1.82) is 0 Å². The first-order valence-electron chi connectivity index (χ1n) is 18.1. The summed E-state index contributed by atoms with van der Waals surface area (Å²) >= 11 is 0. The van der Waals surface area contributed by atoms with E-state index >= 15 is 4.79 Å². The van der Waals surface area contributed by atoms with Crippen molar-refractivity contribution in [3.05, 3.63) is 88.7 Å². The third-order valence-corrected chi connectivity index (χ3v) is 10.1. The highest BCUT2D eigenvalue weighted by atomic mass is 19.2. The minimum Gasteiger partial charge on any atom is -0.497 e. The third kappa shape index (κ3) is 8.44. The van der Waals surface area contributed by atoms with Crippen LogP contribution < -0.4 is 19.5 Å². The number of esters is 1. The molecule has 1 saturated carbocycles. The number of aryl methyl sites for hydroxylation is 1. The highest BCUT2D eigenvalue weighted by Crippen LogP contribution is 2.41. The summed E-state index contributed by atoms with van der Waals surface area (Å²) in [5.41, 5.74) is 1.43. The second-order valence-electron chi connectivity index (χ2n) is 13.8. The lowest BCUT2D eigenvalue weighted by atomic mass is 9.73. The van der Waals surface area contributed by atoms with Crippen molar-refractivity contribution in [2.24, 2.45) is 0 Å². The molecule has 2 heterocycles. The van der Waals surface area contributed by atoms with Crippen molar-refractivity contribution in [2.75, 3.05) is 34.5 Å². The molecule has 1 aliphatic carbocycles. The molecular formula is C41H44F3N3O7. The van der Waals surface area contributed by atoms with Crippen LogP contribution in [0.25, 0.3) is 0 Å². The Morgan fingerprint density at radius 3 is 2.28 bits per heavy atom. The third-order valence-electron chi connectivity index (χ3n) is 10.1. The lowest BCUT2D eigenvalue weighted by Gasteiger charge is -2.53. The van der Waals surface area contributed by atoms with E-state index < -0.39 is 46.8 Å². The highest BCUT2D eigenvalue weighted by Gasteiger charge is 2.56. The Morgan fingerprint density at radius 1 is 0.907 bits per heavy atom. The maximum Gasteiger partial charge on any atom is 0.305 e. The molecule has 2 amide bonds. The number of rotatable bonds is 16. The second kappa shape index (κ2) is 16.8. The maximum absolute atomic E-state index is 15.2. The molecule has 2 aliphatic heterocycles. The normalized spacial score (nSPS) is 20.0. The van der Waals surface area contributed by atoms with Crippen LogP contribution in [0.15, 0.2) is 54.6 Å². The molecule has 0 spiro atoms. The first-order valence-corrected chi connectivity index (χ1v) is 18.1. The van der Waals surface area contributed by atoms with Gasteiger partial charge in [-0.3, -0.25) is 19.7 Å². The summed E-state index contributed by atoms with van der Waals surface area (Å²) < 4.78 is 62.7. The Morgan fingerprint density at radius 2 is 1.61 bits per heavy atom. The van der Waals surface area contributed by atoms with Crippen LogP contribution in [-0.2, 0) is 37.6 Å². The lowest BCUT2D eigenvalue weighted by Crippen LogP contribution is -2.73. The molecule has 2 fully saturated rings. The van der Waals surface area contributed by atoms with Crippen LogP contribution >= 0.6 is 0 Å². The topological polar surface area (TPSA) is 107 Å². The molecule has 0 aromatic heterocycles. The monoisotopic (exact) mass is 747 g/mol. The SMILES string of the molecule is COC(=O)CCCC(=O)N1C[C@@H]2C#CC[C@](c3ccc(CCCOc4c(F)ccc(F)c4F)cc3)(N2)C1C(=O)N(Cc1cc(OC)cc(OC)c1)C1CC1. The molecule has 3 aliphatic rings. The number of amides is 2. The van der Waals surface area contributed by atoms with Gasteiger partial charge in [-0.15, -0.1) is 0 Å². The van der Waals surface area contributed by atoms with E-state index in [0.29, 0.717) is 30.4 Å². The minimum absolute atomic E-state index is 0.0191. The zero-order valence-electron chi connectivity index (χ0n) is 30.6. The number of ether oxygens (including phenoxy) is 4. The van der Waals surface area contributed by atoms with Gasteiger partial charge in [-0.2, -0.15) is 4.39 Å². The van der Waals surface area contributed by atoms with Crippen molar-refractivity contribution in [2.45, 2.75) is 81.6 Å². The quantitative estimate of drug-likeness (QED) is 0.0895. The number of fused-ring (bicyclic) bond motifs is 2. The largest absolute Gasteiger partial charge is 0.497 e. The molecule has 286 valence electrons. The van der Waals surface area contributed by atoms with Gasteiger partial charge in [-0.25, -0.2) is 8.78 Å². The zero-order chi connectivity index (χ0) is 38.4. The Kier molecular flexibility index (Phi) is 12.0. The van der Waals surface area contributed by atoms with Crippen LogP contribution in [0.4, 0.5) is 13.2 Å². The van der Waals surface area contributed by atoms with E-state index in [1.165, 1.54) is 7.11 Å². The number of hydrogen-bond donors (Lipinski definition) is 1. The van der Waals surface area contributed by atoms with Crippen molar-refractivity contribution < 1.29 is 46.5 Å². The molecular weight excluding hydrogens is 703 g/mol.